The number of anilines is 1. The number of benzene rings is 1. The fourth-order valence-electron chi connectivity index (χ4n) is 5.03. The quantitative estimate of drug-likeness (QED) is 0.687. The Morgan fingerprint density at radius 3 is 2.48 bits per heavy atom. The van der Waals surface area contributed by atoms with Crippen molar-refractivity contribution in [1.29, 1.82) is 0 Å². The normalized spacial score (nSPS) is 17.0. The van der Waals surface area contributed by atoms with E-state index in [-0.39, 0.29) is 23.1 Å². The second-order valence-electron chi connectivity index (χ2n) is 9.16. The summed E-state index contributed by atoms with van der Waals surface area (Å²) in [6.45, 7) is 3.76. The molecule has 0 radical (unpaired) electrons. The van der Waals surface area contributed by atoms with Gasteiger partial charge in [-0.25, -0.2) is 4.79 Å². The molecule has 7 nitrogen and oxygen atoms in total. The van der Waals surface area contributed by atoms with Gasteiger partial charge in [0.05, 0.1) is 11.4 Å². The standard InChI is InChI=1S/C26H34N4O3/c1-19-23(25(32)28(2)26(33)30(19)22-11-7-4-8-12-22)29-17-14-21(15-18-29)24(31)27-16-13-20-9-5-3-6-10-20/h4,7-9,11-12,21H,3,5-6,10,13-18H2,1-2H3,(H,27,31). The number of hydrogen-bond donors (Lipinski definition) is 1. The highest BCUT2D eigenvalue weighted by Crippen LogP contribution is 2.24. The van der Waals surface area contributed by atoms with E-state index in [2.05, 4.69) is 11.4 Å². The van der Waals surface area contributed by atoms with Gasteiger partial charge in [0.25, 0.3) is 5.56 Å². The van der Waals surface area contributed by atoms with Gasteiger partial charge in [-0.2, -0.15) is 0 Å². The SMILES string of the molecule is Cc1c(N2CCC(C(=O)NCCC3=CCCCC3)CC2)c(=O)n(C)c(=O)n1-c1ccccc1. The first-order valence-corrected chi connectivity index (χ1v) is 12.1. The summed E-state index contributed by atoms with van der Waals surface area (Å²) in [5, 5.41) is 3.11. The Bertz CT molecular complexity index is 1140. The van der Waals surface area contributed by atoms with Crippen LogP contribution in [0.3, 0.4) is 0 Å². The molecule has 0 atom stereocenters. The molecule has 2 aromatic rings. The van der Waals surface area contributed by atoms with E-state index in [0.29, 0.717) is 43.9 Å². The molecule has 1 amide bonds. The molecule has 1 fully saturated rings. The molecule has 1 N–H and O–H groups in total. The molecule has 176 valence electrons. The van der Waals surface area contributed by atoms with Crippen LogP contribution in [0, 0.1) is 12.8 Å². The number of para-hydroxylation sites is 1. The lowest BCUT2D eigenvalue weighted by Gasteiger charge is -2.34. The molecule has 33 heavy (non-hydrogen) atoms. The van der Waals surface area contributed by atoms with Crippen molar-refractivity contribution in [2.24, 2.45) is 13.0 Å². The van der Waals surface area contributed by atoms with Gasteiger partial charge >= 0.3 is 5.69 Å². The smallest absolute Gasteiger partial charge is 0.335 e. The second-order valence-corrected chi connectivity index (χ2v) is 9.16. The summed E-state index contributed by atoms with van der Waals surface area (Å²) in [6, 6.07) is 9.38. The number of hydrogen-bond acceptors (Lipinski definition) is 4. The van der Waals surface area contributed by atoms with Crippen molar-refractivity contribution in [1.82, 2.24) is 14.5 Å². The van der Waals surface area contributed by atoms with E-state index in [4.69, 9.17) is 0 Å². The molecule has 4 rings (SSSR count). The summed E-state index contributed by atoms with van der Waals surface area (Å²) in [7, 11) is 1.52. The lowest BCUT2D eigenvalue weighted by Crippen LogP contribution is -2.46. The van der Waals surface area contributed by atoms with Crippen molar-refractivity contribution in [2.75, 3.05) is 24.5 Å². The van der Waals surface area contributed by atoms with Crippen LogP contribution < -0.4 is 21.5 Å². The average Bonchev–Trinajstić information content (AvgIpc) is 2.84. The largest absolute Gasteiger partial charge is 0.366 e. The zero-order valence-electron chi connectivity index (χ0n) is 19.7. The Hall–Kier alpha value is -3.09. The average molecular weight is 451 g/mol. The maximum Gasteiger partial charge on any atom is 0.335 e. The van der Waals surface area contributed by atoms with Crippen molar-refractivity contribution in [3.05, 3.63) is 68.5 Å². The summed E-state index contributed by atoms with van der Waals surface area (Å²) in [4.78, 5) is 40.6. The zero-order chi connectivity index (χ0) is 23.4. The minimum Gasteiger partial charge on any atom is -0.366 e. The van der Waals surface area contributed by atoms with Crippen molar-refractivity contribution >= 4 is 11.6 Å². The van der Waals surface area contributed by atoms with E-state index in [1.807, 2.05) is 42.2 Å². The third kappa shape index (κ3) is 4.97. The van der Waals surface area contributed by atoms with Crippen LogP contribution in [-0.2, 0) is 11.8 Å². The van der Waals surface area contributed by atoms with Crippen LogP contribution in [0.2, 0.25) is 0 Å². The number of carbonyl (C=O) groups is 1. The van der Waals surface area contributed by atoms with Gasteiger partial charge in [0.15, 0.2) is 0 Å². The second kappa shape index (κ2) is 10.2. The number of nitrogens with one attached hydrogen (secondary N) is 1. The Kier molecular flexibility index (Phi) is 7.16. The fraction of sp³-hybridized carbons (Fsp3) is 0.500. The van der Waals surface area contributed by atoms with E-state index in [1.165, 1.54) is 30.0 Å². The minimum absolute atomic E-state index is 0.0363. The van der Waals surface area contributed by atoms with E-state index in [9.17, 15) is 14.4 Å². The molecular formula is C26H34N4O3. The third-order valence-electron chi connectivity index (χ3n) is 6.99. The summed E-state index contributed by atoms with van der Waals surface area (Å²) < 4.78 is 2.77. The van der Waals surface area contributed by atoms with Gasteiger partial charge in [0.1, 0.15) is 5.69 Å². The summed E-state index contributed by atoms with van der Waals surface area (Å²) in [5.74, 6) is 0.0794. The van der Waals surface area contributed by atoms with Crippen LogP contribution in [0.4, 0.5) is 5.69 Å². The zero-order valence-corrected chi connectivity index (χ0v) is 19.7. The van der Waals surface area contributed by atoms with Crippen LogP contribution in [0.25, 0.3) is 5.69 Å². The Morgan fingerprint density at radius 2 is 1.82 bits per heavy atom. The molecule has 0 spiro atoms. The predicted molar refractivity (Wildman–Crippen MR) is 131 cm³/mol. The first kappa shape index (κ1) is 23.1. The number of carbonyl (C=O) groups excluding carboxylic acids is 1. The maximum absolute atomic E-state index is 13.0. The highest BCUT2D eigenvalue weighted by Gasteiger charge is 2.28. The van der Waals surface area contributed by atoms with E-state index < -0.39 is 0 Å². The molecule has 1 aromatic carbocycles. The first-order valence-electron chi connectivity index (χ1n) is 12.1. The first-order chi connectivity index (χ1) is 16.0. The molecular weight excluding hydrogens is 416 g/mol. The van der Waals surface area contributed by atoms with E-state index >= 15 is 0 Å². The Labute approximate surface area is 194 Å². The summed E-state index contributed by atoms with van der Waals surface area (Å²) >= 11 is 0. The predicted octanol–water partition coefficient (Wildman–Crippen LogP) is 3.07. The molecule has 1 aromatic heterocycles. The molecule has 0 unspecified atom stereocenters. The molecule has 0 saturated carbocycles. The van der Waals surface area contributed by atoms with E-state index in [1.54, 1.807) is 4.57 Å². The van der Waals surface area contributed by atoms with Crippen LogP contribution >= 0.6 is 0 Å². The van der Waals surface area contributed by atoms with Gasteiger partial charge in [-0.15, -0.1) is 0 Å². The molecule has 1 aliphatic heterocycles. The molecule has 1 aliphatic carbocycles. The molecule has 0 bridgehead atoms. The van der Waals surface area contributed by atoms with Crippen molar-refractivity contribution in [2.45, 2.75) is 51.9 Å². The topological polar surface area (TPSA) is 76.3 Å². The van der Waals surface area contributed by atoms with E-state index in [0.717, 1.165) is 24.9 Å². The van der Waals surface area contributed by atoms with Crippen molar-refractivity contribution < 1.29 is 4.79 Å². The van der Waals surface area contributed by atoms with Crippen LogP contribution in [0.15, 0.2) is 51.6 Å². The monoisotopic (exact) mass is 450 g/mol. The lowest BCUT2D eigenvalue weighted by molar-refractivity contribution is -0.125. The molecule has 2 aliphatic rings. The Balaban J connectivity index is 1.44. The number of allylic oxidation sites excluding steroid dienone is 1. The van der Waals surface area contributed by atoms with Crippen molar-refractivity contribution in [3.8, 4) is 5.69 Å². The molecule has 1 saturated heterocycles. The van der Waals surface area contributed by atoms with Gasteiger partial charge in [-0.1, -0.05) is 29.8 Å². The highest BCUT2D eigenvalue weighted by atomic mass is 16.2. The van der Waals surface area contributed by atoms with Crippen LogP contribution in [-0.4, -0.2) is 34.7 Å². The van der Waals surface area contributed by atoms with Crippen LogP contribution in [0.1, 0.15) is 50.6 Å². The Morgan fingerprint density at radius 1 is 1.09 bits per heavy atom. The van der Waals surface area contributed by atoms with Gasteiger partial charge < -0.3 is 10.2 Å². The number of piperidine rings is 1. The van der Waals surface area contributed by atoms with Gasteiger partial charge in [0.2, 0.25) is 5.91 Å². The lowest BCUT2D eigenvalue weighted by atomic mass is 9.94. The summed E-state index contributed by atoms with van der Waals surface area (Å²) in [6.07, 6.45) is 9.52. The third-order valence-corrected chi connectivity index (χ3v) is 6.99. The number of aromatic nitrogens is 2. The number of nitrogens with zero attached hydrogens (tertiary/aromatic N) is 3. The molecule has 7 heteroatoms. The molecule has 2 heterocycles. The highest BCUT2D eigenvalue weighted by molar-refractivity contribution is 5.79. The minimum atomic E-state index is -0.352. The van der Waals surface area contributed by atoms with Crippen molar-refractivity contribution in [3.63, 3.8) is 0 Å². The van der Waals surface area contributed by atoms with Gasteiger partial charge in [0, 0.05) is 32.6 Å². The summed E-state index contributed by atoms with van der Waals surface area (Å²) in [5.41, 5.74) is 2.75. The maximum atomic E-state index is 13.0. The fourth-order valence-corrected chi connectivity index (χ4v) is 5.03. The van der Waals surface area contributed by atoms with Gasteiger partial charge in [-0.3, -0.25) is 18.7 Å². The van der Waals surface area contributed by atoms with Crippen LogP contribution in [0.5, 0.6) is 0 Å². The number of amides is 1. The number of rotatable bonds is 6. The van der Waals surface area contributed by atoms with Gasteiger partial charge in [-0.05, 0) is 64.0 Å².